The standard InChI is InChI=1S/C16H17F3N6O3S2/c1-30(26,27)21-6-11-9-24(4-5-28-11)15-22-14(29-23-15)12-7-20-13-3-2-10(8-25(12)13)16(17,18)19/h2-3,7-8,11,21H,4-6,9H2,1H3. The van der Waals surface area contributed by atoms with E-state index in [9.17, 15) is 21.6 Å². The third kappa shape index (κ3) is 4.55. The number of morpholine rings is 1. The smallest absolute Gasteiger partial charge is 0.373 e. The minimum absolute atomic E-state index is 0.125. The number of imidazole rings is 1. The lowest BCUT2D eigenvalue weighted by molar-refractivity contribution is -0.137. The van der Waals surface area contributed by atoms with Gasteiger partial charge in [-0.15, -0.1) is 0 Å². The van der Waals surface area contributed by atoms with E-state index in [1.165, 1.54) is 16.7 Å². The zero-order chi connectivity index (χ0) is 21.5. The van der Waals surface area contributed by atoms with Gasteiger partial charge in [0.1, 0.15) is 11.3 Å². The summed E-state index contributed by atoms with van der Waals surface area (Å²) in [6.45, 7) is 1.38. The molecule has 4 rings (SSSR count). The van der Waals surface area contributed by atoms with Crippen LogP contribution in [0.25, 0.3) is 16.3 Å². The highest BCUT2D eigenvalue weighted by atomic mass is 32.2. The first-order valence-electron chi connectivity index (χ1n) is 8.80. The molecule has 1 unspecified atom stereocenters. The molecule has 1 aliphatic rings. The van der Waals surface area contributed by atoms with E-state index >= 15 is 0 Å². The van der Waals surface area contributed by atoms with E-state index in [0.29, 0.717) is 42.0 Å². The fourth-order valence-electron chi connectivity index (χ4n) is 3.02. The maximum atomic E-state index is 13.1. The number of sulfonamides is 1. The molecule has 14 heteroatoms. The van der Waals surface area contributed by atoms with Gasteiger partial charge < -0.3 is 9.64 Å². The average Bonchev–Trinajstić information content (AvgIpc) is 3.31. The van der Waals surface area contributed by atoms with Gasteiger partial charge in [0.25, 0.3) is 0 Å². The van der Waals surface area contributed by atoms with Crippen molar-refractivity contribution in [2.24, 2.45) is 0 Å². The monoisotopic (exact) mass is 462 g/mol. The summed E-state index contributed by atoms with van der Waals surface area (Å²) in [6, 6.07) is 2.28. The number of nitrogens with zero attached hydrogens (tertiary/aromatic N) is 5. The van der Waals surface area contributed by atoms with Gasteiger partial charge in [-0.25, -0.2) is 18.1 Å². The van der Waals surface area contributed by atoms with Crippen LogP contribution in [0, 0.1) is 0 Å². The Hall–Kier alpha value is -2.29. The zero-order valence-corrected chi connectivity index (χ0v) is 17.3. The number of halogens is 3. The van der Waals surface area contributed by atoms with Crippen molar-refractivity contribution in [3.63, 3.8) is 0 Å². The van der Waals surface area contributed by atoms with Crippen molar-refractivity contribution in [3.05, 3.63) is 30.1 Å². The Balaban J connectivity index is 1.55. The molecule has 0 spiro atoms. The van der Waals surface area contributed by atoms with Crippen LogP contribution in [0.15, 0.2) is 24.5 Å². The third-order valence-corrected chi connectivity index (χ3v) is 5.88. The van der Waals surface area contributed by atoms with E-state index in [-0.39, 0.29) is 12.6 Å². The molecule has 1 aliphatic heterocycles. The zero-order valence-electron chi connectivity index (χ0n) is 15.6. The molecule has 1 atom stereocenters. The Morgan fingerprint density at radius 2 is 2.17 bits per heavy atom. The largest absolute Gasteiger partial charge is 0.417 e. The second-order valence-electron chi connectivity index (χ2n) is 6.75. The Morgan fingerprint density at radius 3 is 2.90 bits per heavy atom. The number of aromatic nitrogens is 4. The van der Waals surface area contributed by atoms with E-state index in [1.54, 1.807) is 0 Å². The summed E-state index contributed by atoms with van der Waals surface area (Å²) in [6.07, 6.45) is -1.32. The van der Waals surface area contributed by atoms with Gasteiger partial charge in [0.05, 0.1) is 30.7 Å². The molecule has 0 radical (unpaired) electrons. The topological polar surface area (TPSA) is 102 Å². The van der Waals surface area contributed by atoms with Crippen LogP contribution in [0.2, 0.25) is 0 Å². The van der Waals surface area contributed by atoms with Gasteiger partial charge in [-0.1, -0.05) is 0 Å². The normalized spacial score (nSPS) is 18.3. The molecule has 9 nitrogen and oxygen atoms in total. The molecule has 0 aromatic carbocycles. The average molecular weight is 462 g/mol. The van der Waals surface area contributed by atoms with Crippen molar-refractivity contribution in [2.45, 2.75) is 12.3 Å². The van der Waals surface area contributed by atoms with Crippen molar-refractivity contribution in [3.8, 4) is 10.7 Å². The van der Waals surface area contributed by atoms with E-state index in [0.717, 1.165) is 30.1 Å². The second-order valence-corrected chi connectivity index (χ2v) is 9.33. The first kappa shape index (κ1) is 21.0. The van der Waals surface area contributed by atoms with Crippen LogP contribution in [-0.4, -0.2) is 65.8 Å². The van der Waals surface area contributed by atoms with Gasteiger partial charge in [-0.3, -0.25) is 4.40 Å². The highest BCUT2D eigenvalue weighted by molar-refractivity contribution is 7.88. The predicted octanol–water partition coefficient (Wildman–Crippen LogP) is 1.63. The first-order chi connectivity index (χ1) is 14.1. The van der Waals surface area contributed by atoms with E-state index in [1.807, 2.05) is 4.90 Å². The SMILES string of the molecule is CS(=O)(=O)NCC1CN(c2nsc(-c3cnc4ccc(C(F)(F)F)cn34)n2)CCO1. The van der Waals surface area contributed by atoms with Gasteiger partial charge in [0.15, 0.2) is 5.01 Å². The maximum absolute atomic E-state index is 13.1. The molecule has 3 aromatic heterocycles. The quantitative estimate of drug-likeness (QED) is 0.615. The molecule has 0 saturated carbocycles. The third-order valence-electron chi connectivity index (χ3n) is 4.46. The molecule has 0 aliphatic carbocycles. The fourth-order valence-corrected chi connectivity index (χ4v) is 4.20. The maximum Gasteiger partial charge on any atom is 0.417 e. The molecule has 162 valence electrons. The number of fused-ring (bicyclic) bond motifs is 1. The van der Waals surface area contributed by atoms with Crippen LogP contribution in [0.3, 0.4) is 0 Å². The van der Waals surface area contributed by atoms with E-state index in [4.69, 9.17) is 4.74 Å². The number of alkyl halides is 3. The summed E-state index contributed by atoms with van der Waals surface area (Å²) in [7, 11) is -3.33. The molecule has 1 N–H and O–H groups in total. The Kier molecular flexibility index (Phi) is 5.42. The van der Waals surface area contributed by atoms with Crippen molar-refractivity contribution in [2.75, 3.05) is 37.4 Å². The van der Waals surface area contributed by atoms with Crippen molar-refractivity contribution in [1.82, 2.24) is 23.5 Å². The van der Waals surface area contributed by atoms with Crippen molar-refractivity contribution in [1.29, 1.82) is 0 Å². The lowest BCUT2D eigenvalue weighted by Gasteiger charge is -2.32. The number of hydrogen-bond acceptors (Lipinski definition) is 8. The molecule has 3 aromatic rings. The van der Waals surface area contributed by atoms with Gasteiger partial charge >= 0.3 is 6.18 Å². The van der Waals surface area contributed by atoms with Crippen molar-refractivity contribution < 1.29 is 26.3 Å². The second kappa shape index (κ2) is 7.76. The van der Waals surface area contributed by atoms with Gasteiger partial charge in [-0.2, -0.15) is 22.5 Å². The molecule has 0 amide bonds. The van der Waals surface area contributed by atoms with Crippen molar-refractivity contribution >= 4 is 33.2 Å². The Morgan fingerprint density at radius 1 is 1.37 bits per heavy atom. The van der Waals surface area contributed by atoms with Crippen LogP contribution in [0.4, 0.5) is 19.1 Å². The number of hydrogen-bond donors (Lipinski definition) is 1. The molecule has 0 bridgehead atoms. The highest BCUT2D eigenvalue weighted by Gasteiger charge is 2.31. The molecule has 30 heavy (non-hydrogen) atoms. The minimum atomic E-state index is -4.47. The lowest BCUT2D eigenvalue weighted by Crippen LogP contribution is -2.47. The predicted molar refractivity (Wildman–Crippen MR) is 104 cm³/mol. The highest BCUT2D eigenvalue weighted by Crippen LogP contribution is 2.31. The Labute approximate surface area is 173 Å². The van der Waals surface area contributed by atoms with Crippen LogP contribution in [0.1, 0.15) is 5.56 Å². The van der Waals surface area contributed by atoms with Gasteiger partial charge in [-0.05, 0) is 23.7 Å². The van der Waals surface area contributed by atoms with Crippen LogP contribution in [0.5, 0.6) is 0 Å². The van der Waals surface area contributed by atoms with Crippen LogP contribution in [-0.2, 0) is 20.9 Å². The number of pyridine rings is 1. The number of nitrogens with one attached hydrogen (secondary N) is 1. The Bertz CT molecular complexity index is 1160. The number of ether oxygens (including phenoxy) is 1. The number of rotatable bonds is 5. The van der Waals surface area contributed by atoms with Gasteiger partial charge in [0.2, 0.25) is 16.0 Å². The lowest BCUT2D eigenvalue weighted by atomic mass is 10.3. The summed E-state index contributed by atoms with van der Waals surface area (Å²) in [4.78, 5) is 10.4. The molecule has 1 saturated heterocycles. The fraction of sp³-hybridized carbons (Fsp3) is 0.438. The summed E-state index contributed by atoms with van der Waals surface area (Å²) < 4.78 is 75.3. The molecule has 4 heterocycles. The summed E-state index contributed by atoms with van der Waals surface area (Å²) in [5.41, 5.74) is -0.00942. The molecular formula is C16H17F3N6O3S2. The minimum Gasteiger partial charge on any atom is -0.373 e. The van der Waals surface area contributed by atoms with Crippen LogP contribution < -0.4 is 9.62 Å². The summed E-state index contributed by atoms with van der Waals surface area (Å²) in [5.74, 6) is 0.407. The van der Waals surface area contributed by atoms with Crippen LogP contribution >= 0.6 is 11.5 Å². The molecular weight excluding hydrogens is 445 g/mol. The summed E-state index contributed by atoms with van der Waals surface area (Å²) in [5, 5.41) is 0.425. The number of anilines is 1. The summed E-state index contributed by atoms with van der Waals surface area (Å²) >= 11 is 1.05. The van der Waals surface area contributed by atoms with E-state index < -0.39 is 21.8 Å². The molecule has 1 fully saturated rings. The van der Waals surface area contributed by atoms with E-state index in [2.05, 4.69) is 19.1 Å². The van der Waals surface area contributed by atoms with Gasteiger partial charge in [0, 0.05) is 25.8 Å². The first-order valence-corrected chi connectivity index (χ1v) is 11.5.